The second kappa shape index (κ2) is 6.11. The minimum absolute atomic E-state index is 0.0578. The number of nitrogens with one attached hydrogen (secondary N) is 1. The van der Waals surface area contributed by atoms with E-state index in [2.05, 4.69) is 5.32 Å². The molecule has 0 bridgehead atoms. The van der Waals surface area contributed by atoms with Crippen molar-refractivity contribution in [1.29, 1.82) is 0 Å². The highest BCUT2D eigenvalue weighted by Gasteiger charge is 2.65. The summed E-state index contributed by atoms with van der Waals surface area (Å²) in [6, 6.07) is 7.43. The maximum Gasteiger partial charge on any atom is 0.231 e. The Labute approximate surface area is 168 Å². The van der Waals surface area contributed by atoms with Crippen molar-refractivity contribution in [1.82, 2.24) is 5.32 Å². The largest absolute Gasteiger partial charge is 0.493 e. The number of hydrogen-bond acceptors (Lipinski definition) is 7. The Morgan fingerprint density at radius 1 is 1.07 bits per heavy atom. The molecular formula is C22H23NO6. The van der Waals surface area contributed by atoms with E-state index in [-0.39, 0.29) is 12.6 Å². The summed E-state index contributed by atoms with van der Waals surface area (Å²) in [5.41, 5.74) is 0.998. The van der Waals surface area contributed by atoms with Gasteiger partial charge in [0.1, 0.15) is 11.1 Å². The average molecular weight is 397 g/mol. The summed E-state index contributed by atoms with van der Waals surface area (Å²) in [7, 11) is 4.77. The smallest absolute Gasteiger partial charge is 0.231 e. The topological polar surface area (TPSA) is 75.2 Å². The molecule has 29 heavy (non-hydrogen) atoms. The Balaban J connectivity index is 1.83. The Morgan fingerprint density at radius 3 is 2.52 bits per heavy atom. The van der Waals surface area contributed by atoms with Crippen LogP contribution in [0.4, 0.5) is 0 Å². The van der Waals surface area contributed by atoms with Gasteiger partial charge in [-0.25, -0.2) is 0 Å². The summed E-state index contributed by atoms with van der Waals surface area (Å²) < 4.78 is 28.5. The first-order chi connectivity index (χ1) is 14.0. The molecule has 2 atom stereocenters. The molecule has 3 aliphatic rings. The second-order valence-electron chi connectivity index (χ2n) is 7.58. The van der Waals surface area contributed by atoms with Crippen LogP contribution in [0.2, 0.25) is 0 Å². The molecule has 7 heteroatoms. The quantitative estimate of drug-likeness (QED) is 0.853. The Bertz CT molecular complexity index is 1030. The van der Waals surface area contributed by atoms with Crippen LogP contribution in [0.5, 0.6) is 23.0 Å². The number of ketones is 1. The Kier molecular flexibility index (Phi) is 3.85. The van der Waals surface area contributed by atoms with E-state index in [0.717, 1.165) is 17.5 Å². The predicted octanol–water partition coefficient (Wildman–Crippen LogP) is 2.53. The van der Waals surface area contributed by atoms with Crippen LogP contribution in [-0.2, 0) is 22.3 Å². The summed E-state index contributed by atoms with van der Waals surface area (Å²) in [4.78, 5) is 14.0. The van der Waals surface area contributed by atoms with Gasteiger partial charge in [-0.15, -0.1) is 0 Å². The van der Waals surface area contributed by atoms with E-state index in [9.17, 15) is 4.79 Å². The molecule has 0 amide bonds. The number of ether oxygens (including phenoxy) is 5. The molecule has 0 saturated heterocycles. The molecular weight excluding hydrogens is 374 g/mol. The summed E-state index contributed by atoms with van der Waals surface area (Å²) >= 11 is 0. The van der Waals surface area contributed by atoms with Crippen molar-refractivity contribution in [2.24, 2.45) is 0 Å². The van der Waals surface area contributed by atoms with E-state index < -0.39 is 11.1 Å². The van der Waals surface area contributed by atoms with Gasteiger partial charge in [0, 0.05) is 24.8 Å². The lowest BCUT2D eigenvalue weighted by Crippen LogP contribution is -2.61. The van der Waals surface area contributed by atoms with Gasteiger partial charge < -0.3 is 23.7 Å². The fourth-order valence-electron chi connectivity index (χ4n) is 5.10. The fraction of sp³-hybridized carbons (Fsp3) is 0.409. The Hall–Kier alpha value is -2.77. The maximum atomic E-state index is 14.0. The number of Topliss-reactive ketones (excluding diaryl/α,β-unsaturated/α-hetero) is 1. The van der Waals surface area contributed by atoms with Crippen molar-refractivity contribution in [3.05, 3.63) is 46.5 Å². The zero-order valence-electron chi connectivity index (χ0n) is 16.9. The van der Waals surface area contributed by atoms with Crippen molar-refractivity contribution in [2.75, 3.05) is 34.7 Å². The predicted molar refractivity (Wildman–Crippen MR) is 104 cm³/mol. The van der Waals surface area contributed by atoms with Crippen molar-refractivity contribution in [3.63, 3.8) is 0 Å². The minimum atomic E-state index is -1.11. The van der Waals surface area contributed by atoms with E-state index in [0.29, 0.717) is 40.7 Å². The molecule has 1 spiro atoms. The monoisotopic (exact) mass is 397 g/mol. The molecule has 1 aliphatic carbocycles. The van der Waals surface area contributed by atoms with Crippen LogP contribution in [0, 0.1) is 0 Å². The van der Waals surface area contributed by atoms with Crippen LogP contribution >= 0.6 is 0 Å². The lowest BCUT2D eigenvalue weighted by molar-refractivity contribution is -0.0628. The van der Waals surface area contributed by atoms with Crippen molar-refractivity contribution >= 4 is 5.78 Å². The highest BCUT2D eigenvalue weighted by atomic mass is 16.7. The van der Waals surface area contributed by atoms with E-state index in [1.807, 2.05) is 19.1 Å². The van der Waals surface area contributed by atoms with E-state index in [1.165, 1.54) is 0 Å². The molecule has 2 aromatic rings. The maximum absolute atomic E-state index is 14.0. The Morgan fingerprint density at radius 2 is 1.83 bits per heavy atom. The van der Waals surface area contributed by atoms with Crippen molar-refractivity contribution < 1.29 is 28.5 Å². The zero-order valence-corrected chi connectivity index (χ0v) is 16.9. The fourth-order valence-corrected chi connectivity index (χ4v) is 5.10. The first-order valence-corrected chi connectivity index (χ1v) is 9.55. The van der Waals surface area contributed by atoms with Crippen LogP contribution in [0.1, 0.15) is 34.0 Å². The number of rotatable bonds is 3. The number of methoxy groups -OCH3 is 3. The summed E-state index contributed by atoms with van der Waals surface area (Å²) in [5, 5.41) is 3.50. The molecule has 0 aromatic heterocycles. The lowest BCUT2D eigenvalue weighted by atomic mass is 9.71. The molecule has 0 fully saturated rings. The highest BCUT2D eigenvalue weighted by molar-refractivity contribution is 6.11. The molecule has 152 valence electrons. The lowest BCUT2D eigenvalue weighted by Gasteiger charge is -2.46. The van der Waals surface area contributed by atoms with E-state index in [4.69, 9.17) is 23.7 Å². The molecule has 0 radical (unpaired) electrons. The molecule has 0 unspecified atom stereocenters. The van der Waals surface area contributed by atoms with E-state index in [1.54, 1.807) is 33.5 Å². The van der Waals surface area contributed by atoms with Gasteiger partial charge in [-0.3, -0.25) is 10.1 Å². The summed E-state index contributed by atoms with van der Waals surface area (Å²) in [5.74, 6) is 2.36. The third-order valence-electron chi connectivity index (χ3n) is 6.52. The van der Waals surface area contributed by atoms with Gasteiger partial charge in [-0.2, -0.15) is 0 Å². The molecule has 2 heterocycles. The minimum Gasteiger partial charge on any atom is -0.493 e. The molecule has 2 aromatic carbocycles. The van der Waals surface area contributed by atoms with E-state index >= 15 is 0 Å². The van der Waals surface area contributed by atoms with Gasteiger partial charge in [-0.1, -0.05) is 0 Å². The summed E-state index contributed by atoms with van der Waals surface area (Å²) in [6.45, 7) is 2.73. The number of benzene rings is 2. The first-order valence-electron chi connectivity index (χ1n) is 9.55. The standard InChI is InChI=1S/C22H23NO6/c1-21(27-4)18-13(5-6-15(25-2)19(18)26-3)20(24)22(21)14-10-17-16(28-11-29-17)9-12(14)7-8-23-22/h5-6,9-10,23H,7-8,11H2,1-4H3/t21-,22+/m1/s1. The van der Waals surface area contributed by atoms with Crippen LogP contribution < -0.4 is 24.3 Å². The van der Waals surface area contributed by atoms with Gasteiger partial charge in [0.2, 0.25) is 6.79 Å². The van der Waals surface area contributed by atoms with Crippen molar-refractivity contribution in [2.45, 2.75) is 24.5 Å². The van der Waals surface area contributed by atoms with Crippen LogP contribution in [0.25, 0.3) is 0 Å². The zero-order chi connectivity index (χ0) is 20.4. The number of carbonyl (C=O) groups excluding carboxylic acids is 1. The number of fused-ring (bicyclic) bond motifs is 4. The highest BCUT2D eigenvalue weighted by Crippen LogP contribution is 2.58. The SMILES string of the molecule is COc1ccc2c(c1OC)[C@@](C)(OC)[C@@]1(NCCc3cc4c(cc31)OCO4)C2=O. The normalized spacial score (nSPS) is 26.4. The van der Waals surface area contributed by atoms with Crippen LogP contribution in [0.15, 0.2) is 24.3 Å². The molecule has 7 nitrogen and oxygen atoms in total. The molecule has 2 aliphatic heterocycles. The van der Waals surface area contributed by atoms with Gasteiger partial charge in [-0.05, 0) is 48.7 Å². The number of hydrogen-bond donors (Lipinski definition) is 1. The van der Waals surface area contributed by atoms with Crippen LogP contribution in [-0.4, -0.2) is 40.5 Å². The first kappa shape index (κ1) is 18.3. The summed E-state index contributed by atoms with van der Waals surface area (Å²) in [6.07, 6.45) is 0.775. The van der Waals surface area contributed by atoms with Gasteiger partial charge >= 0.3 is 0 Å². The third-order valence-corrected chi connectivity index (χ3v) is 6.52. The van der Waals surface area contributed by atoms with Gasteiger partial charge in [0.15, 0.2) is 28.8 Å². The van der Waals surface area contributed by atoms with Gasteiger partial charge in [0.05, 0.1) is 14.2 Å². The molecule has 5 rings (SSSR count). The third kappa shape index (κ3) is 2.06. The van der Waals surface area contributed by atoms with Crippen LogP contribution in [0.3, 0.4) is 0 Å². The molecule has 1 N–H and O–H groups in total. The number of carbonyl (C=O) groups is 1. The van der Waals surface area contributed by atoms with Gasteiger partial charge in [0.25, 0.3) is 0 Å². The average Bonchev–Trinajstić information content (AvgIpc) is 3.28. The second-order valence-corrected chi connectivity index (χ2v) is 7.58. The van der Waals surface area contributed by atoms with Crippen molar-refractivity contribution in [3.8, 4) is 23.0 Å². The molecule has 0 saturated carbocycles.